The highest BCUT2D eigenvalue weighted by atomic mass is 35.5. The molecule has 0 radical (unpaired) electrons. The first kappa shape index (κ1) is 21.3. The summed E-state index contributed by atoms with van der Waals surface area (Å²) in [5, 5.41) is 2.92. The number of anilines is 1. The Hall–Kier alpha value is -2.05. The van der Waals surface area contributed by atoms with Crippen LogP contribution in [-0.2, 0) is 21.1 Å². The minimum absolute atomic E-state index is 0.0241. The monoisotopic (exact) mass is 409 g/mol. The average Bonchev–Trinajstić information content (AvgIpc) is 2.57. The zero-order valence-electron chi connectivity index (χ0n) is 15.4. The Balaban J connectivity index is 1.85. The molecule has 0 aromatic heterocycles. The molecule has 0 saturated heterocycles. The molecule has 0 fully saturated rings. The van der Waals surface area contributed by atoms with Crippen LogP contribution in [0.2, 0.25) is 5.02 Å². The molecule has 0 atom stereocenters. The molecular formula is C20H24ClNO4S. The molecule has 0 saturated carbocycles. The first-order chi connectivity index (χ1) is 12.7. The third-order valence-corrected chi connectivity index (χ3v) is 5.60. The molecule has 1 amide bonds. The van der Waals surface area contributed by atoms with Gasteiger partial charge in [0.2, 0.25) is 5.91 Å². The van der Waals surface area contributed by atoms with Gasteiger partial charge in [-0.15, -0.1) is 0 Å². The van der Waals surface area contributed by atoms with Crippen LogP contribution in [0.4, 0.5) is 5.69 Å². The lowest BCUT2D eigenvalue weighted by Crippen LogP contribution is -2.25. The van der Waals surface area contributed by atoms with E-state index in [2.05, 4.69) is 5.32 Å². The van der Waals surface area contributed by atoms with Gasteiger partial charge in [0.1, 0.15) is 11.5 Å². The Labute approximate surface area is 165 Å². The van der Waals surface area contributed by atoms with Crippen molar-refractivity contribution in [3.05, 3.63) is 59.1 Å². The lowest BCUT2D eigenvalue weighted by molar-refractivity contribution is -0.113. The van der Waals surface area contributed by atoms with E-state index in [4.69, 9.17) is 16.3 Å². The Kier molecular flexibility index (Phi) is 7.68. The summed E-state index contributed by atoms with van der Waals surface area (Å²) in [6.45, 7) is 3.77. The molecule has 0 heterocycles. The van der Waals surface area contributed by atoms with Gasteiger partial charge < -0.3 is 10.1 Å². The van der Waals surface area contributed by atoms with Crippen molar-refractivity contribution in [2.45, 2.75) is 32.8 Å². The number of carbonyl (C=O) groups is 1. The molecule has 1 N–H and O–H groups in total. The molecule has 2 aromatic carbocycles. The van der Waals surface area contributed by atoms with Gasteiger partial charge in [0, 0.05) is 5.69 Å². The molecule has 2 aromatic rings. The second-order valence-electron chi connectivity index (χ2n) is 6.54. The number of amides is 1. The summed E-state index contributed by atoms with van der Waals surface area (Å²) in [4.78, 5) is 12.1. The Morgan fingerprint density at radius 2 is 1.85 bits per heavy atom. The second-order valence-corrected chi connectivity index (χ2v) is 9.13. The van der Waals surface area contributed by atoms with Crippen LogP contribution in [0.1, 0.15) is 25.8 Å². The number of carbonyl (C=O) groups excluding carboxylic acids is 1. The molecule has 146 valence electrons. The van der Waals surface area contributed by atoms with Crippen LogP contribution in [0.3, 0.4) is 0 Å². The largest absolute Gasteiger partial charge is 0.489 e. The van der Waals surface area contributed by atoms with Gasteiger partial charge in [-0.25, -0.2) is 8.42 Å². The first-order valence-corrected chi connectivity index (χ1v) is 11.0. The summed E-state index contributed by atoms with van der Waals surface area (Å²) in [7, 11) is -3.47. The highest BCUT2D eigenvalue weighted by molar-refractivity contribution is 7.92. The van der Waals surface area contributed by atoms with Crippen molar-refractivity contribution in [2.75, 3.05) is 16.8 Å². The van der Waals surface area contributed by atoms with Crippen molar-refractivity contribution >= 4 is 33.0 Å². The topological polar surface area (TPSA) is 72.5 Å². The van der Waals surface area contributed by atoms with Gasteiger partial charge in [0.25, 0.3) is 0 Å². The molecule has 5 nitrogen and oxygen atoms in total. The van der Waals surface area contributed by atoms with Crippen molar-refractivity contribution < 1.29 is 17.9 Å². The van der Waals surface area contributed by atoms with E-state index in [-0.39, 0.29) is 11.9 Å². The predicted octanol–water partition coefficient (Wildman–Crippen LogP) is 4.11. The number of rotatable bonds is 9. The molecule has 0 spiro atoms. The Morgan fingerprint density at radius 1 is 1.15 bits per heavy atom. The van der Waals surface area contributed by atoms with E-state index in [1.54, 1.807) is 18.2 Å². The van der Waals surface area contributed by atoms with E-state index in [0.717, 1.165) is 5.56 Å². The molecule has 0 unspecified atom stereocenters. The van der Waals surface area contributed by atoms with E-state index >= 15 is 0 Å². The summed E-state index contributed by atoms with van der Waals surface area (Å²) in [6.07, 6.45) is 1.12. The van der Waals surface area contributed by atoms with Crippen LogP contribution < -0.4 is 10.1 Å². The first-order valence-electron chi connectivity index (χ1n) is 8.75. The van der Waals surface area contributed by atoms with Gasteiger partial charge in [-0.1, -0.05) is 41.9 Å². The average molecular weight is 410 g/mol. The van der Waals surface area contributed by atoms with E-state index < -0.39 is 21.5 Å². The summed E-state index contributed by atoms with van der Waals surface area (Å²) >= 11 is 6.12. The summed E-state index contributed by atoms with van der Waals surface area (Å²) < 4.78 is 29.8. The molecule has 0 bridgehead atoms. The van der Waals surface area contributed by atoms with E-state index in [9.17, 15) is 13.2 Å². The predicted molar refractivity (Wildman–Crippen MR) is 109 cm³/mol. The van der Waals surface area contributed by atoms with Crippen molar-refractivity contribution in [2.24, 2.45) is 0 Å². The summed E-state index contributed by atoms with van der Waals surface area (Å²) in [5.74, 6) is -0.651. The second kappa shape index (κ2) is 9.76. The standard InChI is InChI=1S/C20H24ClNO4S/c1-15(2)26-19-11-10-17(13-18(19)21)22-20(23)14-27(24,25)12-6-9-16-7-4-3-5-8-16/h3-5,7-8,10-11,13,15H,6,9,12,14H2,1-2H3,(H,22,23). The molecule has 0 aliphatic carbocycles. The van der Waals surface area contributed by atoms with E-state index in [1.807, 2.05) is 44.2 Å². The zero-order chi connectivity index (χ0) is 19.9. The van der Waals surface area contributed by atoms with Crippen molar-refractivity contribution in [3.8, 4) is 5.75 Å². The van der Waals surface area contributed by atoms with Crippen LogP contribution in [0.5, 0.6) is 5.75 Å². The van der Waals surface area contributed by atoms with E-state index in [0.29, 0.717) is 29.3 Å². The Bertz CT molecular complexity index is 867. The molecule has 0 aliphatic heterocycles. The fourth-order valence-electron chi connectivity index (χ4n) is 2.54. The lowest BCUT2D eigenvalue weighted by Gasteiger charge is -2.13. The number of nitrogens with one attached hydrogen (secondary N) is 1. The fraction of sp³-hybridized carbons (Fsp3) is 0.350. The van der Waals surface area contributed by atoms with Crippen molar-refractivity contribution in [3.63, 3.8) is 0 Å². The van der Waals surface area contributed by atoms with Crippen LogP contribution in [0.25, 0.3) is 0 Å². The Morgan fingerprint density at radius 3 is 2.48 bits per heavy atom. The number of aryl methyl sites for hydroxylation is 1. The zero-order valence-corrected chi connectivity index (χ0v) is 17.0. The lowest BCUT2D eigenvalue weighted by atomic mass is 10.1. The summed E-state index contributed by atoms with van der Waals surface area (Å²) in [6, 6.07) is 14.5. The third kappa shape index (κ3) is 7.61. The van der Waals surface area contributed by atoms with Gasteiger partial charge in [0.15, 0.2) is 9.84 Å². The van der Waals surface area contributed by atoms with Crippen LogP contribution in [0.15, 0.2) is 48.5 Å². The quantitative estimate of drug-likeness (QED) is 0.676. The van der Waals surface area contributed by atoms with Gasteiger partial charge in [0.05, 0.1) is 16.9 Å². The fourth-order valence-corrected chi connectivity index (χ4v) is 3.96. The third-order valence-electron chi connectivity index (χ3n) is 3.69. The van der Waals surface area contributed by atoms with Crippen LogP contribution in [0, 0.1) is 0 Å². The van der Waals surface area contributed by atoms with Crippen molar-refractivity contribution in [1.82, 2.24) is 0 Å². The molecule has 0 aliphatic rings. The van der Waals surface area contributed by atoms with Crippen LogP contribution in [-0.4, -0.2) is 31.9 Å². The smallest absolute Gasteiger partial charge is 0.239 e. The maximum absolute atomic E-state index is 12.2. The number of sulfone groups is 1. The number of hydrogen-bond donors (Lipinski definition) is 1. The minimum Gasteiger partial charge on any atom is -0.489 e. The van der Waals surface area contributed by atoms with E-state index in [1.165, 1.54) is 0 Å². The van der Waals surface area contributed by atoms with Crippen LogP contribution >= 0.6 is 11.6 Å². The maximum atomic E-state index is 12.2. The van der Waals surface area contributed by atoms with Gasteiger partial charge >= 0.3 is 0 Å². The molecule has 27 heavy (non-hydrogen) atoms. The molecule has 7 heteroatoms. The van der Waals surface area contributed by atoms with Crippen molar-refractivity contribution in [1.29, 1.82) is 0 Å². The normalized spacial score (nSPS) is 11.4. The van der Waals surface area contributed by atoms with Gasteiger partial charge in [-0.2, -0.15) is 0 Å². The minimum atomic E-state index is -3.47. The SMILES string of the molecule is CC(C)Oc1ccc(NC(=O)CS(=O)(=O)CCCc2ccccc2)cc1Cl. The highest BCUT2D eigenvalue weighted by Gasteiger charge is 2.17. The molecule has 2 rings (SSSR count). The highest BCUT2D eigenvalue weighted by Crippen LogP contribution is 2.28. The molecular weight excluding hydrogens is 386 g/mol. The number of hydrogen-bond acceptors (Lipinski definition) is 4. The summed E-state index contributed by atoms with van der Waals surface area (Å²) in [5.41, 5.74) is 1.51. The number of benzene rings is 2. The number of halogens is 1. The van der Waals surface area contributed by atoms with Gasteiger partial charge in [-0.3, -0.25) is 4.79 Å². The number of ether oxygens (including phenoxy) is 1. The van der Waals surface area contributed by atoms with Gasteiger partial charge in [-0.05, 0) is 50.5 Å². The maximum Gasteiger partial charge on any atom is 0.239 e.